The Hall–Kier alpha value is -2.37. The maximum Gasteiger partial charge on any atom is 0.326 e. The van der Waals surface area contributed by atoms with E-state index in [1.54, 1.807) is 4.90 Å². The average Bonchev–Trinajstić information content (AvgIpc) is 3.17. The van der Waals surface area contributed by atoms with Gasteiger partial charge in [0.2, 0.25) is 11.8 Å². The van der Waals surface area contributed by atoms with E-state index in [4.69, 9.17) is 0 Å². The van der Waals surface area contributed by atoms with Gasteiger partial charge in [0, 0.05) is 32.5 Å². The Balaban J connectivity index is 1.74. The molecular formula is C29H44N2O4. The molecule has 2 aliphatic heterocycles. The average molecular weight is 485 g/mol. The summed E-state index contributed by atoms with van der Waals surface area (Å²) in [4.78, 5) is 42.9. The summed E-state index contributed by atoms with van der Waals surface area (Å²) in [5.74, 6) is -0.868. The molecule has 1 aromatic carbocycles. The fourth-order valence-electron chi connectivity index (χ4n) is 5.76. The van der Waals surface area contributed by atoms with E-state index in [0.717, 1.165) is 56.9 Å². The van der Waals surface area contributed by atoms with Gasteiger partial charge in [-0.05, 0) is 31.2 Å². The van der Waals surface area contributed by atoms with E-state index >= 15 is 0 Å². The van der Waals surface area contributed by atoms with E-state index in [1.165, 1.54) is 19.3 Å². The van der Waals surface area contributed by atoms with Crippen LogP contribution >= 0.6 is 0 Å². The summed E-state index contributed by atoms with van der Waals surface area (Å²) in [5.41, 5.74) is 0.263. The van der Waals surface area contributed by atoms with Gasteiger partial charge < -0.3 is 14.9 Å². The van der Waals surface area contributed by atoms with E-state index in [-0.39, 0.29) is 11.8 Å². The smallest absolute Gasteiger partial charge is 0.326 e. The van der Waals surface area contributed by atoms with Gasteiger partial charge in [0.05, 0.1) is 5.41 Å². The normalized spacial score (nSPS) is 22.4. The number of unbranched alkanes of at least 4 members (excludes halogenated alkanes) is 4. The minimum Gasteiger partial charge on any atom is -0.480 e. The van der Waals surface area contributed by atoms with Crippen molar-refractivity contribution in [2.24, 2.45) is 5.41 Å². The van der Waals surface area contributed by atoms with Crippen LogP contribution in [0.25, 0.3) is 0 Å². The molecule has 0 aliphatic carbocycles. The zero-order chi connectivity index (χ0) is 25.1. The number of carbonyl (C=O) groups is 3. The molecule has 0 bridgehead atoms. The Bertz CT molecular complexity index is 827. The highest BCUT2D eigenvalue weighted by Gasteiger charge is 2.50. The highest BCUT2D eigenvalue weighted by atomic mass is 16.4. The molecule has 2 heterocycles. The van der Waals surface area contributed by atoms with Gasteiger partial charge in [-0.3, -0.25) is 9.59 Å². The second-order valence-corrected chi connectivity index (χ2v) is 10.6. The molecule has 2 saturated heterocycles. The maximum atomic E-state index is 13.9. The van der Waals surface area contributed by atoms with E-state index in [2.05, 4.69) is 6.92 Å². The second-order valence-electron chi connectivity index (χ2n) is 10.6. The highest BCUT2D eigenvalue weighted by molar-refractivity contribution is 5.90. The quantitative estimate of drug-likeness (QED) is 0.448. The zero-order valence-corrected chi connectivity index (χ0v) is 21.6. The number of carbonyl (C=O) groups excluding carboxylic acids is 2. The van der Waals surface area contributed by atoms with E-state index in [9.17, 15) is 19.5 Å². The summed E-state index contributed by atoms with van der Waals surface area (Å²) < 4.78 is 0. The lowest BCUT2D eigenvalue weighted by atomic mass is 9.79. The van der Waals surface area contributed by atoms with Gasteiger partial charge >= 0.3 is 5.97 Å². The van der Waals surface area contributed by atoms with Crippen LogP contribution in [0.5, 0.6) is 0 Å². The summed E-state index contributed by atoms with van der Waals surface area (Å²) in [6, 6.07) is 8.66. The van der Waals surface area contributed by atoms with E-state index in [1.807, 2.05) is 35.2 Å². The summed E-state index contributed by atoms with van der Waals surface area (Å²) in [5, 5.41) is 10.0. The third-order valence-electron chi connectivity index (χ3n) is 7.90. The van der Waals surface area contributed by atoms with Crippen molar-refractivity contribution in [2.75, 3.05) is 19.6 Å². The molecule has 1 spiro atoms. The number of aliphatic carboxylic acids is 1. The van der Waals surface area contributed by atoms with Gasteiger partial charge in [0.1, 0.15) is 6.04 Å². The maximum absolute atomic E-state index is 13.9. The van der Waals surface area contributed by atoms with Crippen molar-refractivity contribution in [1.29, 1.82) is 0 Å². The van der Waals surface area contributed by atoms with Crippen molar-refractivity contribution in [3.63, 3.8) is 0 Å². The number of rotatable bonds is 10. The Morgan fingerprint density at radius 3 is 2.40 bits per heavy atom. The van der Waals surface area contributed by atoms with Gasteiger partial charge in [0.15, 0.2) is 0 Å². The number of amides is 2. The van der Waals surface area contributed by atoms with Gasteiger partial charge in [-0.15, -0.1) is 0 Å². The van der Waals surface area contributed by atoms with E-state index in [0.29, 0.717) is 38.9 Å². The number of carboxylic acid groups (broad SMARTS) is 1. The molecule has 0 aromatic heterocycles. The lowest BCUT2D eigenvalue weighted by Crippen LogP contribution is -2.50. The molecule has 6 nitrogen and oxygen atoms in total. The molecule has 2 fully saturated rings. The third kappa shape index (κ3) is 7.55. The van der Waals surface area contributed by atoms with Crippen LogP contribution in [0.15, 0.2) is 30.3 Å². The lowest BCUT2D eigenvalue weighted by Gasteiger charge is -2.36. The molecule has 2 amide bonds. The summed E-state index contributed by atoms with van der Waals surface area (Å²) >= 11 is 0. The Kier molecular flexibility index (Phi) is 10.6. The van der Waals surface area contributed by atoms with Crippen LogP contribution in [-0.4, -0.2) is 58.4 Å². The van der Waals surface area contributed by atoms with Gasteiger partial charge in [-0.25, -0.2) is 4.79 Å². The Morgan fingerprint density at radius 1 is 0.943 bits per heavy atom. The van der Waals surface area contributed by atoms with Crippen molar-refractivity contribution in [3.05, 3.63) is 35.9 Å². The number of hydrogen-bond donors (Lipinski definition) is 1. The molecule has 2 aliphatic rings. The van der Waals surface area contributed by atoms with Crippen LogP contribution in [0.4, 0.5) is 0 Å². The summed E-state index contributed by atoms with van der Waals surface area (Å²) in [6.07, 6.45) is 13.0. The monoisotopic (exact) mass is 484 g/mol. The van der Waals surface area contributed by atoms with Crippen molar-refractivity contribution in [1.82, 2.24) is 9.80 Å². The van der Waals surface area contributed by atoms with E-state index < -0.39 is 17.4 Å². The Morgan fingerprint density at radius 2 is 1.66 bits per heavy atom. The minimum atomic E-state index is -0.959. The Labute approximate surface area is 211 Å². The standard InChI is InChI=1S/C29H44N2O4/c1-2-3-4-6-12-17-26(32)30-20-14-8-5-7-13-18-29(23-30)19-21-31(28(29)35)25(27(33)34)22-24-15-10-9-11-16-24/h9-11,15-16,25H,2-8,12-14,17-23H2,1H3,(H,33,34)/t25-,29?/m0/s1. The first-order chi connectivity index (χ1) is 17.0. The molecule has 6 heteroatoms. The number of nitrogens with zero attached hydrogens (tertiary/aromatic N) is 2. The first kappa shape index (κ1) is 27.2. The largest absolute Gasteiger partial charge is 0.480 e. The van der Waals surface area contributed by atoms with Crippen molar-refractivity contribution in [2.45, 2.75) is 103 Å². The highest BCUT2D eigenvalue weighted by Crippen LogP contribution is 2.40. The molecule has 1 N–H and O–H groups in total. The zero-order valence-electron chi connectivity index (χ0n) is 21.6. The summed E-state index contributed by atoms with van der Waals surface area (Å²) in [6.45, 7) is 3.78. The number of hydrogen-bond acceptors (Lipinski definition) is 3. The lowest BCUT2D eigenvalue weighted by molar-refractivity contribution is -0.152. The molecule has 35 heavy (non-hydrogen) atoms. The van der Waals surface area contributed by atoms with Crippen LogP contribution in [0.1, 0.15) is 96.0 Å². The molecule has 1 unspecified atom stereocenters. The van der Waals surface area contributed by atoms with Crippen LogP contribution < -0.4 is 0 Å². The molecular weight excluding hydrogens is 440 g/mol. The van der Waals surface area contributed by atoms with Crippen molar-refractivity contribution in [3.8, 4) is 0 Å². The fraction of sp³-hybridized carbons (Fsp3) is 0.690. The van der Waals surface area contributed by atoms with Gasteiger partial charge in [-0.1, -0.05) is 88.6 Å². The second kappa shape index (κ2) is 13.6. The van der Waals surface area contributed by atoms with Gasteiger partial charge in [-0.2, -0.15) is 0 Å². The molecule has 194 valence electrons. The number of likely N-dealkylation sites (tertiary alicyclic amines) is 1. The van der Waals surface area contributed by atoms with Crippen LogP contribution in [0.3, 0.4) is 0 Å². The minimum absolute atomic E-state index is 0.0675. The first-order valence-electron chi connectivity index (χ1n) is 13.8. The fourth-order valence-corrected chi connectivity index (χ4v) is 5.76. The molecule has 2 atom stereocenters. The van der Waals surface area contributed by atoms with Crippen LogP contribution in [-0.2, 0) is 20.8 Å². The van der Waals surface area contributed by atoms with Crippen LogP contribution in [0, 0.1) is 5.41 Å². The predicted octanol–water partition coefficient (Wildman–Crippen LogP) is 5.44. The SMILES string of the molecule is CCCCCCCC(=O)N1CCCCCCCC2(CCN([C@@H](Cc3ccccc3)C(=O)O)C2=O)C1. The van der Waals surface area contributed by atoms with Crippen molar-refractivity contribution < 1.29 is 19.5 Å². The number of carboxylic acids is 1. The molecule has 0 radical (unpaired) electrons. The molecule has 0 saturated carbocycles. The molecule has 1 aromatic rings. The van der Waals surface area contributed by atoms with Crippen molar-refractivity contribution >= 4 is 17.8 Å². The summed E-state index contributed by atoms with van der Waals surface area (Å²) in [7, 11) is 0. The van der Waals surface area contributed by atoms with Crippen LogP contribution in [0.2, 0.25) is 0 Å². The number of benzene rings is 1. The predicted molar refractivity (Wildman–Crippen MR) is 138 cm³/mol. The topological polar surface area (TPSA) is 77.9 Å². The van der Waals surface area contributed by atoms with Gasteiger partial charge in [0.25, 0.3) is 0 Å². The third-order valence-corrected chi connectivity index (χ3v) is 7.90. The first-order valence-corrected chi connectivity index (χ1v) is 13.8. The molecule has 3 rings (SSSR count).